The lowest BCUT2D eigenvalue weighted by Crippen LogP contribution is -2.33. The highest BCUT2D eigenvalue weighted by Gasteiger charge is 2.30. The molecule has 0 bridgehead atoms. The number of ether oxygens (including phenoxy) is 1. The molecule has 0 saturated carbocycles. The van der Waals surface area contributed by atoms with E-state index in [1.54, 1.807) is 6.92 Å². The summed E-state index contributed by atoms with van der Waals surface area (Å²) < 4.78 is 5.35. The predicted octanol–water partition coefficient (Wildman–Crippen LogP) is 1.74. The maximum atomic E-state index is 11.3. The number of aromatic nitrogens is 2. The van der Waals surface area contributed by atoms with E-state index in [9.17, 15) is 10.1 Å². The van der Waals surface area contributed by atoms with Crippen LogP contribution in [-0.2, 0) is 4.74 Å². The third-order valence-corrected chi connectivity index (χ3v) is 3.54. The van der Waals surface area contributed by atoms with Gasteiger partial charge in [-0.15, -0.1) is 0 Å². The van der Waals surface area contributed by atoms with Crippen LogP contribution < -0.4 is 10.2 Å². The Kier molecular flexibility index (Phi) is 4.89. The summed E-state index contributed by atoms with van der Waals surface area (Å²) in [6.45, 7) is 5.64. The Balaban J connectivity index is 2.38. The number of nitrogens with zero attached hydrogens (tertiary/aromatic N) is 4. The first kappa shape index (κ1) is 15.4. The van der Waals surface area contributed by atoms with Crippen LogP contribution in [0.2, 0.25) is 0 Å². The van der Waals surface area contributed by atoms with Crippen molar-refractivity contribution in [3.8, 4) is 0 Å². The van der Waals surface area contributed by atoms with Crippen LogP contribution in [0.3, 0.4) is 0 Å². The molecule has 1 aliphatic heterocycles. The molecule has 1 aromatic rings. The molecule has 8 nitrogen and oxygen atoms in total. The van der Waals surface area contributed by atoms with Crippen molar-refractivity contribution >= 4 is 17.5 Å². The Hall–Kier alpha value is -1.96. The van der Waals surface area contributed by atoms with Crippen molar-refractivity contribution in [2.24, 2.45) is 0 Å². The number of hydrogen-bond acceptors (Lipinski definition) is 7. The van der Waals surface area contributed by atoms with E-state index < -0.39 is 4.92 Å². The molecule has 0 aliphatic carbocycles. The minimum absolute atomic E-state index is 0.0357. The van der Waals surface area contributed by atoms with Gasteiger partial charge in [-0.1, -0.05) is 6.92 Å². The van der Waals surface area contributed by atoms with Gasteiger partial charge in [0.05, 0.1) is 17.6 Å². The molecule has 1 saturated heterocycles. The fourth-order valence-electron chi connectivity index (χ4n) is 2.33. The highest BCUT2D eigenvalue weighted by atomic mass is 16.6. The van der Waals surface area contributed by atoms with Crippen LogP contribution in [0.25, 0.3) is 0 Å². The van der Waals surface area contributed by atoms with E-state index in [2.05, 4.69) is 15.3 Å². The molecule has 0 amide bonds. The van der Waals surface area contributed by atoms with Gasteiger partial charge in [-0.2, -0.15) is 4.98 Å². The lowest BCUT2D eigenvalue weighted by atomic mass is 10.2. The quantitative estimate of drug-likeness (QED) is 0.631. The Labute approximate surface area is 123 Å². The summed E-state index contributed by atoms with van der Waals surface area (Å²) in [5, 5.41) is 14.4. The zero-order valence-electron chi connectivity index (χ0n) is 12.6. The van der Waals surface area contributed by atoms with Crippen LogP contribution in [0.1, 0.15) is 25.5 Å². The molecular weight excluding hydrogens is 274 g/mol. The number of nitrogens with one attached hydrogen (secondary N) is 1. The molecule has 1 aliphatic rings. The number of rotatable bonds is 6. The highest BCUT2D eigenvalue weighted by molar-refractivity contribution is 5.62. The molecule has 116 valence electrons. The van der Waals surface area contributed by atoms with Gasteiger partial charge in [0.1, 0.15) is 5.69 Å². The molecule has 2 rings (SSSR count). The van der Waals surface area contributed by atoms with E-state index >= 15 is 0 Å². The molecule has 8 heteroatoms. The SMILES string of the molecule is CCCNc1nc(C)c([N+](=O)[O-])c(N(C)C2CCOC2)n1. The van der Waals surface area contributed by atoms with Crippen molar-refractivity contribution in [1.82, 2.24) is 9.97 Å². The third kappa shape index (κ3) is 3.38. The molecule has 1 atom stereocenters. The van der Waals surface area contributed by atoms with Crippen molar-refractivity contribution in [1.29, 1.82) is 0 Å². The second-order valence-electron chi connectivity index (χ2n) is 5.12. The lowest BCUT2D eigenvalue weighted by molar-refractivity contribution is -0.385. The maximum absolute atomic E-state index is 11.3. The molecule has 1 fully saturated rings. The summed E-state index contributed by atoms with van der Waals surface area (Å²) >= 11 is 0. The number of nitro groups is 1. The zero-order valence-corrected chi connectivity index (χ0v) is 12.6. The largest absolute Gasteiger partial charge is 0.379 e. The third-order valence-electron chi connectivity index (χ3n) is 3.54. The fraction of sp³-hybridized carbons (Fsp3) is 0.692. The topological polar surface area (TPSA) is 93.4 Å². The summed E-state index contributed by atoms with van der Waals surface area (Å²) in [7, 11) is 1.82. The molecule has 1 aromatic heterocycles. The van der Waals surface area contributed by atoms with E-state index in [1.165, 1.54) is 0 Å². The molecule has 0 radical (unpaired) electrons. The van der Waals surface area contributed by atoms with Crippen molar-refractivity contribution in [3.05, 3.63) is 15.8 Å². The summed E-state index contributed by atoms with van der Waals surface area (Å²) in [5.41, 5.74) is 0.334. The van der Waals surface area contributed by atoms with Gasteiger partial charge in [0, 0.05) is 20.2 Å². The van der Waals surface area contributed by atoms with Crippen molar-refractivity contribution in [2.75, 3.05) is 37.0 Å². The van der Waals surface area contributed by atoms with Gasteiger partial charge in [-0.3, -0.25) is 10.1 Å². The van der Waals surface area contributed by atoms with Gasteiger partial charge in [-0.25, -0.2) is 4.98 Å². The van der Waals surface area contributed by atoms with Gasteiger partial charge >= 0.3 is 5.69 Å². The minimum atomic E-state index is -0.416. The average Bonchev–Trinajstić information content (AvgIpc) is 2.97. The van der Waals surface area contributed by atoms with Gasteiger partial charge < -0.3 is 15.0 Å². The van der Waals surface area contributed by atoms with Crippen LogP contribution in [0.5, 0.6) is 0 Å². The molecule has 21 heavy (non-hydrogen) atoms. The number of anilines is 2. The second-order valence-corrected chi connectivity index (χ2v) is 5.12. The van der Waals surface area contributed by atoms with Crippen LogP contribution in [-0.4, -0.2) is 47.7 Å². The second kappa shape index (κ2) is 6.66. The molecular formula is C13H21N5O3. The first-order valence-electron chi connectivity index (χ1n) is 7.12. The van der Waals surface area contributed by atoms with Crippen molar-refractivity contribution in [2.45, 2.75) is 32.7 Å². The molecule has 1 N–H and O–H groups in total. The minimum Gasteiger partial charge on any atom is -0.379 e. The van der Waals surface area contributed by atoms with E-state index in [1.807, 2.05) is 18.9 Å². The first-order chi connectivity index (χ1) is 10.0. The normalized spacial score (nSPS) is 17.8. The number of likely N-dealkylation sites (N-methyl/N-ethyl adjacent to an activating group) is 1. The van der Waals surface area contributed by atoms with E-state index in [4.69, 9.17) is 4.74 Å². The first-order valence-corrected chi connectivity index (χ1v) is 7.12. The van der Waals surface area contributed by atoms with Crippen LogP contribution in [0, 0.1) is 17.0 Å². The van der Waals surface area contributed by atoms with Gasteiger partial charge in [-0.05, 0) is 19.8 Å². The van der Waals surface area contributed by atoms with E-state index in [0.29, 0.717) is 30.7 Å². The molecule has 2 heterocycles. The van der Waals surface area contributed by atoms with Crippen LogP contribution in [0.15, 0.2) is 0 Å². The Morgan fingerprint density at radius 2 is 2.29 bits per heavy atom. The van der Waals surface area contributed by atoms with Gasteiger partial charge in [0.15, 0.2) is 0 Å². The molecule has 1 unspecified atom stereocenters. The van der Waals surface area contributed by atoms with Gasteiger partial charge in [0.2, 0.25) is 11.8 Å². The van der Waals surface area contributed by atoms with Crippen molar-refractivity contribution in [3.63, 3.8) is 0 Å². The van der Waals surface area contributed by atoms with E-state index in [0.717, 1.165) is 19.4 Å². The highest BCUT2D eigenvalue weighted by Crippen LogP contribution is 2.31. The fourth-order valence-corrected chi connectivity index (χ4v) is 2.33. The van der Waals surface area contributed by atoms with E-state index in [-0.39, 0.29) is 11.7 Å². The molecule has 0 spiro atoms. The lowest BCUT2D eigenvalue weighted by Gasteiger charge is -2.24. The predicted molar refractivity (Wildman–Crippen MR) is 79.8 cm³/mol. The number of aryl methyl sites for hydroxylation is 1. The Morgan fingerprint density at radius 3 is 2.86 bits per heavy atom. The summed E-state index contributed by atoms with van der Waals surface area (Å²) in [5.74, 6) is 0.780. The monoisotopic (exact) mass is 295 g/mol. The Bertz CT molecular complexity index is 517. The maximum Gasteiger partial charge on any atom is 0.332 e. The van der Waals surface area contributed by atoms with Gasteiger partial charge in [0.25, 0.3) is 0 Å². The zero-order chi connectivity index (χ0) is 15.4. The van der Waals surface area contributed by atoms with Crippen LogP contribution >= 0.6 is 0 Å². The van der Waals surface area contributed by atoms with Crippen LogP contribution in [0.4, 0.5) is 17.5 Å². The summed E-state index contributed by atoms with van der Waals surface area (Å²) in [6, 6.07) is 0.108. The smallest absolute Gasteiger partial charge is 0.332 e. The summed E-state index contributed by atoms with van der Waals surface area (Å²) in [6.07, 6.45) is 1.77. The molecule has 0 aromatic carbocycles. The standard InChI is InChI=1S/C13H21N5O3/c1-4-6-14-13-15-9(2)11(18(19)20)12(16-13)17(3)10-5-7-21-8-10/h10H,4-8H2,1-3H3,(H,14,15,16). The number of hydrogen-bond donors (Lipinski definition) is 1. The van der Waals surface area contributed by atoms with Crippen molar-refractivity contribution < 1.29 is 9.66 Å². The average molecular weight is 295 g/mol. The Morgan fingerprint density at radius 1 is 1.52 bits per heavy atom. The summed E-state index contributed by atoms with van der Waals surface area (Å²) in [4.78, 5) is 21.3.